The molecule has 0 atom stereocenters. The lowest BCUT2D eigenvalue weighted by Crippen LogP contribution is -2.53. The summed E-state index contributed by atoms with van der Waals surface area (Å²) in [4.78, 5) is 19.4. The first kappa shape index (κ1) is 20.6. The van der Waals surface area contributed by atoms with Crippen LogP contribution >= 0.6 is 15.9 Å². The van der Waals surface area contributed by atoms with Gasteiger partial charge in [-0.2, -0.15) is 0 Å². The molecule has 2 aliphatic heterocycles. The third-order valence-corrected chi connectivity index (χ3v) is 5.88. The van der Waals surface area contributed by atoms with E-state index < -0.39 is 5.60 Å². The van der Waals surface area contributed by atoms with Gasteiger partial charge in [-0.3, -0.25) is 14.6 Å². The number of piperazine rings is 1. The zero-order valence-electron chi connectivity index (χ0n) is 16.8. The topological polar surface area (TPSA) is 36.0 Å². The number of carbonyl (C=O) groups excluding carboxylic acids is 1. The summed E-state index contributed by atoms with van der Waals surface area (Å²) in [5.74, 6) is -0.107. The average Bonchev–Trinajstić information content (AvgIpc) is 2.62. The smallest absolute Gasteiger partial charge is 0.320 e. The first-order valence-electron chi connectivity index (χ1n) is 9.99. The van der Waals surface area contributed by atoms with Crippen molar-refractivity contribution in [1.82, 2.24) is 9.80 Å². The van der Waals surface area contributed by atoms with Crippen LogP contribution in [0.4, 0.5) is 5.69 Å². The van der Waals surface area contributed by atoms with Crippen LogP contribution in [-0.4, -0.2) is 73.2 Å². The van der Waals surface area contributed by atoms with Crippen molar-refractivity contribution in [2.75, 3.05) is 50.7 Å². The van der Waals surface area contributed by atoms with Crippen molar-refractivity contribution in [2.24, 2.45) is 0 Å². The molecule has 0 spiro atoms. The van der Waals surface area contributed by atoms with Gasteiger partial charge in [0.25, 0.3) is 0 Å². The highest BCUT2D eigenvalue weighted by Gasteiger charge is 2.29. The van der Waals surface area contributed by atoms with Crippen molar-refractivity contribution in [1.29, 1.82) is 0 Å². The Labute approximate surface area is 171 Å². The number of anilines is 1. The van der Waals surface area contributed by atoms with Gasteiger partial charge < -0.3 is 9.64 Å². The van der Waals surface area contributed by atoms with Gasteiger partial charge in [-0.1, -0.05) is 15.9 Å². The van der Waals surface area contributed by atoms with Gasteiger partial charge in [0.1, 0.15) is 5.60 Å². The molecule has 0 unspecified atom stereocenters. The van der Waals surface area contributed by atoms with E-state index in [2.05, 4.69) is 54.9 Å². The number of piperidine rings is 1. The van der Waals surface area contributed by atoms with Crippen LogP contribution < -0.4 is 4.90 Å². The molecular weight excluding hydrogens is 406 g/mol. The molecule has 2 saturated heterocycles. The lowest BCUT2D eigenvalue weighted by atomic mass is 10.0. The van der Waals surface area contributed by atoms with E-state index in [0.29, 0.717) is 12.6 Å². The number of ether oxygens (including phenoxy) is 1. The van der Waals surface area contributed by atoms with Crippen LogP contribution in [0.2, 0.25) is 0 Å². The molecule has 0 N–H and O–H groups in total. The Morgan fingerprint density at radius 2 is 1.63 bits per heavy atom. The summed E-state index contributed by atoms with van der Waals surface area (Å²) in [5, 5.41) is 0. The Balaban J connectivity index is 1.40. The number of hydrogen-bond donors (Lipinski definition) is 0. The monoisotopic (exact) mass is 437 g/mol. The Bertz CT molecular complexity index is 613. The quantitative estimate of drug-likeness (QED) is 0.674. The second-order valence-corrected chi connectivity index (χ2v) is 9.51. The fourth-order valence-electron chi connectivity index (χ4n) is 4.00. The van der Waals surface area contributed by atoms with Crippen molar-refractivity contribution < 1.29 is 9.53 Å². The van der Waals surface area contributed by atoms with Crippen molar-refractivity contribution in [3.05, 3.63) is 28.7 Å². The Morgan fingerprint density at radius 1 is 1.04 bits per heavy atom. The molecule has 2 heterocycles. The summed E-state index contributed by atoms with van der Waals surface area (Å²) in [6, 6.07) is 9.25. The molecule has 0 aromatic heterocycles. The minimum absolute atomic E-state index is 0.107. The van der Waals surface area contributed by atoms with Crippen LogP contribution in [0.25, 0.3) is 0 Å². The number of carbonyl (C=O) groups is 1. The highest BCUT2D eigenvalue weighted by molar-refractivity contribution is 9.10. The summed E-state index contributed by atoms with van der Waals surface area (Å²) in [6.45, 7) is 12.6. The van der Waals surface area contributed by atoms with Crippen LogP contribution in [0.3, 0.4) is 0 Å². The first-order valence-corrected chi connectivity index (χ1v) is 10.8. The Morgan fingerprint density at radius 3 is 2.19 bits per heavy atom. The highest BCUT2D eigenvalue weighted by atomic mass is 79.9. The number of likely N-dealkylation sites (tertiary alicyclic amines) is 1. The highest BCUT2D eigenvalue weighted by Crippen LogP contribution is 2.23. The number of benzene rings is 1. The molecule has 0 bridgehead atoms. The fraction of sp³-hybridized carbons (Fsp3) is 0.667. The van der Waals surface area contributed by atoms with E-state index in [4.69, 9.17) is 4.74 Å². The lowest BCUT2D eigenvalue weighted by Gasteiger charge is -2.43. The van der Waals surface area contributed by atoms with Crippen LogP contribution in [0, 0.1) is 0 Å². The number of esters is 1. The van der Waals surface area contributed by atoms with Gasteiger partial charge in [0, 0.05) is 55.5 Å². The molecule has 0 aliphatic carbocycles. The van der Waals surface area contributed by atoms with E-state index in [1.807, 2.05) is 20.8 Å². The summed E-state index contributed by atoms with van der Waals surface area (Å²) in [7, 11) is 0. The molecule has 1 aromatic carbocycles. The van der Waals surface area contributed by atoms with Crippen LogP contribution in [0.5, 0.6) is 0 Å². The molecule has 0 saturated carbocycles. The maximum atomic E-state index is 12.0. The second kappa shape index (κ2) is 8.93. The SMILES string of the molecule is CC(C)(C)OC(=O)CN1CCC(N2CCN(c3ccc(Br)cc3)CC2)CC1. The van der Waals surface area contributed by atoms with Crippen LogP contribution in [0.15, 0.2) is 28.7 Å². The molecule has 1 aromatic rings. The van der Waals surface area contributed by atoms with Gasteiger partial charge in [0.15, 0.2) is 0 Å². The maximum Gasteiger partial charge on any atom is 0.320 e. The third kappa shape index (κ3) is 6.19. The van der Waals surface area contributed by atoms with Crippen LogP contribution in [-0.2, 0) is 9.53 Å². The molecule has 27 heavy (non-hydrogen) atoms. The Kier molecular flexibility index (Phi) is 6.82. The predicted octanol–water partition coefficient (Wildman–Crippen LogP) is 3.38. The van der Waals surface area contributed by atoms with Crippen molar-refractivity contribution in [3.63, 3.8) is 0 Å². The molecular formula is C21H32BrN3O2. The largest absolute Gasteiger partial charge is 0.459 e. The predicted molar refractivity (Wildman–Crippen MR) is 113 cm³/mol. The molecule has 6 heteroatoms. The number of halogens is 1. The normalized spacial score (nSPS) is 20.7. The Hall–Kier alpha value is -1.11. The van der Waals surface area contributed by atoms with Crippen LogP contribution in [0.1, 0.15) is 33.6 Å². The molecule has 3 rings (SSSR count). The molecule has 2 fully saturated rings. The van der Waals surface area contributed by atoms with E-state index in [0.717, 1.165) is 56.6 Å². The molecule has 0 amide bonds. The molecule has 2 aliphatic rings. The molecule has 5 nitrogen and oxygen atoms in total. The lowest BCUT2D eigenvalue weighted by molar-refractivity contribution is -0.156. The van der Waals surface area contributed by atoms with Gasteiger partial charge in [-0.15, -0.1) is 0 Å². The maximum absolute atomic E-state index is 12.0. The first-order chi connectivity index (χ1) is 12.8. The van der Waals surface area contributed by atoms with Gasteiger partial charge in [0.2, 0.25) is 0 Å². The van der Waals surface area contributed by atoms with Gasteiger partial charge in [-0.05, 0) is 57.9 Å². The fourth-order valence-corrected chi connectivity index (χ4v) is 4.26. The average molecular weight is 438 g/mol. The van der Waals surface area contributed by atoms with E-state index in [1.54, 1.807) is 0 Å². The van der Waals surface area contributed by atoms with E-state index in [1.165, 1.54) is 5.69 Å². The number of nitrogens with zero attached hydrogens (tertiary/aromatic N) is 3. The second-order valence-electron chi connectivity index (χ2n) is 8.59. The zero-order valence-corrected chi connectivity index (χ0v) is 18.4. The minimum Gasteiger partial charge on any atom is -0.459 e. The minimum atomic E-state index is -0.399. The van der Waals surface area contributed by atoms with Crippen molar-refractivity contribution in [3.8, 4) is 0 Å². The van der Waals surface area contributed by atoms with Gasteiger partial charge in [-0.25, -0.2) is 0 Å². The number of hydrogen-bond acceptors (Lipinski definition) is 5. The summed E-state index contributed by atoms with van der Waals surface area (Å²) in [6.07, 6.45) is 2.28. The van der Waals surface area contributed by atoms with E-state index in [9.17, 15) is 4.79 Å². The summed E-state index contributed by atoms with van der Waals surface area (Å²) in [5.41, 5.74) is 0.911. The molecule has 0 radical (unpaired) electrons. The van der Waals surface area contributed by atoms with Gasteiger partial charge >= 0.3 is 5.97 Å². The summed E-state index contributed by atoms with van der Waals surface area (Å²) >= 11 is 3.51. The van der Waals surface area contributed by atoms with Crippen molar-refractivity contribution >= 4 is 27.6 Å². The standard InChI is InChI=1S/C21H32BrN3O2/c1-21(2,3)27-20(26)16-23-10-8-19(9-11-23)25-14-12-24(13-15-25)18-6-4-17(22)5-7-18/h4-7,19H,8-16H2,1-3H3. The van der Waals surface area contributed by atoms with E-state index >= 15 is 0 Å². The zero-order chi connectivity index (χ0) is 19.4. The summed E-state index contributed by atoms with van der Waals surface area (Å²) < 4.78 is 6.57. The molecule has 150 valence electrons. The van der Waals surface area contributed by atoms with Gasteiger partial charge in [0.05, 0.1) is 6.54 Å². The van der Waals surface area contributed by atoms with Crippen molar-refractivity contribution in [2.45, 2.75) is 45.3 Å². The van der Waals surface area contributed by atoms with E-state index in [-0.39, 0.29) is 5.97 Å². The number of rotatable bonds is 4. The third-order valence-electron chi connectivity index (χ3n) is 5.35.